The van der Waals surface area contributed by atoms with Crippen LogP contribution in [-0.2, 0) is 6.54 Å². The minimum atomic E-state index is -0.612. The largest absolute Gasteiger partial charge is 0.336 e. The van der Waals surface area contributed by atoms with Gasteiger partial charge in [-0.1, -0.05) is 30.3 Å². The minimum Gasteiger partial charge on any atom is -0.303 e. The lowest BCUT2D eigenvalue weighted by Gasteiger charge is -2.11. The van der Waals surface area contributed by atoms with Crippen molar-refractivity contribution in [1.29, 1.82) is 0 Å². The van der Waals surface area contributed by atoms with Crippen LogP contribution in [0.4, 0.5) is 5.69 Å². The fourth-order valence-electron chi connectivity index (χ4n) is 2.10. The lowest BCUT2D eigenvalue weighted by molar-refractivity contribution is -0.387. The Morgan fingerprint density at radius 3 is 2.42 bits per heavy atom. The van der Waals surface area contributed by atoms with Crippen LogP contribution in [0.3, 0.4) is 0 Å². The number of benzene rings is 1. The second-order valence-corrected chi connectivity index (χ2v) is 4.45. The first-order valence-electron chi connectivity index (χ1n) is 5.90. The first-order chi connectivity index (χ1) is 9.00. The molecule has 2 aromatic rings. The van der Waals surface area contributed by atoms with Crippen LogP contribution in [0.2, 0.25) is 0 Å². The maximum Gasteiger partial charge on any atom is 0.336 e. The Morgan fingerprint density at radius 2 is 1.84 bits per heavy atom. The van der Waals surface area contributed by atoms with Gasteiger partial charge < -0.3 is 4.57 Å². The molecule has 0 aliphatic heterocycles. The van der Waals surface area contributed by atoms with Gasteiger partial charge in [0.05, 0.1) is 11.5 Å². The smallest absolute Gasteiger partial charge is 0.303 e. The highest BCUT2D eigenvalue weighted by Crippen LogP contribution is 2.14. The summed E-state index contributed by atoms with van der Waals surface area (Å²) in [4.78, 5) is 22.5. The molecule has 0 bridgehead atoms. The molecular weight excluding hydrogens is 244 g/mol. The maximum atomic E-state index is 12.2. The van der Waals surface area contributed by atoms with E-state index in [0.717, 1.165) is 11.3 Å². The van der Waals surface area contributed by atoms with E-state index >= 15 is 0 Å². The van der Waals surface area contributed by atoms with Gasteiger partial charge in [-0.05, 0) is 25.5 Å². The zero-order valence-electron chi connectivity index (χ0n) is 10.8. The number of pyridine rings is 1. The average Bonchev–Trinajstić information content (AvgIpc) is 2.35. The van der Waals surface area contributed by atoms with Crippen LogP contribution in [0, 0.1) is 24.0 Å². The lowest BCUT2D eigenvalue weighted by atomic mass is 10.2. The third-order valence-corrected chi connectivity index (χ3v) is 3.04. The Balaban J connectivity index is 2.55. The van der Waals surface area contributed by atoms with Crippen molar-refractivity contribution in [2.24, 2.45) is 0 Å². The Bertz CT molecular complexity index is 675. The Morgan fingerprint density at radius 1 is 1.21 bits per heavy atom. The van der Waals surface area contributed by atoms with Crippen LogP contribution < -0.4 is 5.56 Å². The van der Waals surface area contributed by atoms with Crippen LogP contribution >= 0.6 is 0 Å². The molecule has 0 aliphatic carbocycles. The molecule has 0 saturated heterocycles. The molecule has 0 radical (unpaired) electrons. The number of hydrogen-bond acceptors (Lipinski definition) is 3. The summed E-state index contributed by atoms with van der Waals surface area (Å²) in [5.74, 6) is 0. The zero-order chi connectivity index (χ0) is 14.0. The molecule has 0 atom stereocenters. The molecule has 19 heavy (non-hydrogen) atoms. The van der Waals surface area contributed by atoms with E-state index in [1.807, 2.05) is 30.3 Å². The van der Waals surface area contributed by atoms with Gasteiger partial charge in [0, 0.05) is 11.3 Å². The molecular formula is C14H14N2O3. The summed E-state index contributed by atoms with van der Waals surface area (Å²) >= 11 is 0. The zero-order valence-corrected chi connectivity index (χ0v) is 10.8. The van der Waals surface area contributed by atoms with Crippen LogP contribution in [0.5, 0.6) is 0 Å². The Hall–Kier alpha value is -2.43. The molecule has 0 unspecified atom stereocenters. The first kappa shape index (κ1) is 13.0. The topological polar surface area (TPSA) is 65.1 Å². The third kappa shape index (κ3) is 2.54. The normalized spacial score (nSPS) is 10.4. The van der Waals surface area contributed by atoms with E-state index < -0.39 is 10.5 Å². The third-order valence-electron chi connectivity index (χ3n) is 3.04. The van der Waals surface area contributed by atoms with Gasteiger partial charge in [0.15, 0.2) is 0 Å². The van der Waals surface area contributed by atoms with Crippen LogP contribution in [0.25, 0.3) is 0 Å². The molecule has 2 rings (SSSR count). The fourth-order valence-corrected chi connectivity index (χ4v) is 2.10. The van der Waals surface area contributed by atoms with Crippen molar-refractivity contribution in [1.82, 2.24) is 4.57 Å². The van der Waals surface area contributed by atoms with Crippen LogP contribution in [0.15, 0.2) is 41.2 Å². The summed E-state index contributed by atoms with van der Waals surface area (Å²) < 4.78 is 1.43. The Labute approximate surface area is 110 Å². The number of hydrogen-bond donors (Lipinski definition) is 0. The highest BCUT2D eigenvalue weighted by atomic mass is 16.6. The summed E-state index contributed by atoms with van der Waals surface area (Å²) in [5, 5.41) is 11.0. The van der Waals surface area contributed by atoms with Crippen molar-refractivity contribution >= 4 is 5.69 Å². The monoisotopic (exact) mass is 258 g/mol. The summed E-state index contributed by atoms with van der Waals surface area (Å²) in [7, 11) is 0. The second kappa shape index (κ2) is 5.06. The van der Waals surface area contributed by atoms with E-state index in [9.17, 15) is 14.9 Å². The van der Waals surface area contributed by atoms with E-state index in [2.05, 4.69) is 0 Å². The highest BCUT2D eigenvalue weighted by Gasteiger charge is 2.20. The van der Waals surface area contributed by atoms with E-state index in [-0.39, 0.29) is 5.69 Å². The number of aryl methyl sites for hydroxylation is 2. The van der Waals surface area contributed by atoms with Crippen molar-refractivity contribution in [3.05, 3.63) is 73.7 Å². The predicted octanol–water partition coefficient (Wildman–Crippen LogP) is 2.42. The van der Waals surface area contributed by atoms with Gasteiger partial charge in [0.2, 0.25) is 0 Å². The number of nitrogens with zero attached hydrogens (tertiary/aromatic N) is 2. The molecule has 1 heterocycles. The van der Waals surface area contributed by atoms with Gasteiger partial charge in [-0.2, -0.15) is 0 Å². The van der Waals surface area contributed by atoms with Gasteiger partial charge in [0.25, 0.3) is 0 Å². The summed E-state index contributed by atoms with van der Waals surface area (Å²) in [6, 6.07) is 11.1. The van der Waals surface area contributed by atoms with E-state index in [1.165, 1.54) is 4.57 Å². The SMILES string of the molecule is Cc1cc(C)n(Cc2ccccc2)c(=O)c1[N+](=O)[O-]. The molecule has 0 N–H and O–H groups in total. The quantitative estimate of drug-likeness (QED) is 0.627. The molecule has 0 saturated carbocycles. The fraction of sp³-hybridized carbons (Fsp3) is 0.214. The van der Waals surface area contributed by atoms with E-state index in [0.29, 0.717) is 12.1 Å². The van der Waals surface area contributed by atoms with Crippen LogP contribution in [-0.4, -0.2) is 9.49 Å². The number of aromatic nitrogens is 1. The van der Waals surface area contributed by atoms with Crippen molar-refractivity contribution in [3.8, 4) is 0 Å². The molecule has 1 aromatic carbocycles. The molecule has 1 aromatic heterocycles. The number of rotatable bonds is 3. The van der Waals surface area contributed by atoms with Crippen molar-refractivity contribution in [2.75, 3.05) is 0 Å². The van der Waals surface area contributed by atoms with Gasteiger partial charge in [0.1, 0.15) is 0 Å². The predicted molar refractivity (Wildman–Crippen MR) is 72.4 cm³/mol. The molecule has 0 fully saturated rings. The molecule has 0 aliphatic rings. The summed E-state index contributed by atoms with van der Waals surface area (Å²) in [6.07, 6.45) is 0. The van der Waals surface area contributed by atoms with Crippen molar-refractivity contribution in [3.63, 3.8) is 0 Å². The van der Waals surface area contributed by atoms with Crippen molar-refractivity contribution < 1.29 is 4.92 Å². The molecule has 5 heteroatoms. The number of nitro groups is 1. The molecule has 0 spiro atoms. The minimum absolute atomic E-state index is 0.340. The van der Waals surface area contributed by atoms with Crippen LogP contribution in [0.1, 0.15) is 16.8 Å². The maximum absolute atomic E-state index is 12.2. The van der Waals surface area contributed by atoms with E-state index in [4.69, 9.17) is 0 Å². The molecule has 0 amide bonds. The van der Waals surface area contributed by atoms with Gasteiger partial charge in [-0.3, -0.25) is 14.9 Å². The summed E-state index contributed by atoms with van der Waals surface area (Å²) in [5.41, 5.74) is 1.16. The summed E-state index contributed by atoms with van der Waals surface area (Å²) in [6.45, 7) is 3.70. The van der Waals surface area contributed by atoms with Crippen molar-refractivity contribution in [2.45, 2.75) is 20.4 Å². The standard InChI is InChI=1S/C14H14N2O3/c1-10-8-11(2)15(14(17)13(10)16(18)19)9-12-6-4-3-5-7-12/h3-8H,9H2,1-2H3. The van der Waals surface area contributed by atoms with Gasteiger partial charge in [-0.15, -0.1) is 0 Å². The molecule has 5 nitrogen and oxygen atoms in total. The molecule has 98 valence electrons. The Kier molecular flexibility index (Phi) is 3.46. The average molecular weight is 258 g/mol. The van der Waals surface area contributed by atoms with Gasteiger partial charge in [-0.25, -0.2) is 0 Å². The second-order valence-electron chi connectivity index (χ2n) is 4.45. The highest BCUT2D eigenvalue weighted by molar-refractivity contribution is 5.38. The lowest BCUT2D eigenvalue weighted by Crippen LogP contribution is -2.26. The van der Waals surface area contributed by atoms with E-state index in [1.54, 1.807) is 19.9 Å². The first-order valence-corrected chi connectivity index (χ1v) is 5.90. The van der Waals surface area contributed by atoms with Gasteiger partial charge >= 0.3 is 11.2 Å².